The summed E-state index contributed by atoms with van der Waals surface area (Å²) in [5.74, 6) is -0.721. The Hall–Kier alpha value is -1.13. The predicted molar refractivity (Wildman–Crippen MR) is 77.0 cm³/mol. The molecule has 0 spiro atoms. The van der Waals surface area contributed by atoms with Gasteiger partial charge >= 0.3 is 0 Å². The van der Waals surface area contributed by atoms with Crippen molar-refractivity contribution in [3.8, 4) is 0 Å². The van der Waals surface area contributed by atoms with Crippen LogP contribution in [0.25, 0.3) is 0 Å². The first-order chi connectivity index (χ1) is 9.09. The molecule has 2 aliphatic rings. The van der Waals surface area contributed by atoms with Gasteiger partial charge in [-0.25, -0.2) is 4.90 Å². The van der Waals surface area contributed by atoms with Crippen LogP contribution in [-0.4, -0.2) is 11.8 Å². The molecule has 1 aromatic carbocycles. The molecule has 3 rings (SSSR count). The van der Waals surface area contributed by atoms with Crippen LogP contribution in [0.5, 0.6) is 0 Å². The Morgan fingerprint density at radius 1 is 1.11 bits per heavy atom. The van der Waals surface area contributed by atoms with Crippen molar-refractivity contribution >= 4 is 45.0 Å². The summed E-state index contributed by atoms with van der Waals surface area (Å²) < 4.78 is 0.819. The van der Waals surface area contributed by atoms with E-state index in [2.05, 4.69) is 15.9 Å². The number of carbonyl (C=O) groups is 2. The highest BCUT2D eigenvalue weighted by atomic mass is 79.9. The number of amides is 2. The van der Waals surface area contributed by atoms with Crippen LogP contribution in [0.1, 0.15) is 12.8 Å². The molecule has 2 atom stereocenters. The van der Waals surface area contributed by atoms with Crippen LogP contribution >= 0.6 is 27.5 Å². The number of nitrogens with zero attached hydrogens (tertiary/aromatic N) is 1. The molecule has 3 nitrogen and oxygen atoms in total. The number of halogens is 2. The van der Waals surface area contributed by atoms with E-state index in [1.165, 1.54) is 4.90 Å². The van der Waals surface area contributed by atoms with Crippen molar-refractivity contribution in [3.63, 3.8) is 0 Å². The van der Waals surface area contributed by atoms with E-state index in [4.69, 9.17) is 11.6 Å². The SMILES string of the molecule is O=C1[C@@H]2CC=CC[C@H]2C(=O)N1c1ccc(Br)cc1Cl. The van der Waals surface area contributed by atoms with Gasteiger partial charge in [-0.3, -0.25) is 9.59 Å². The molecule has 0 radical (unpaired) electrons. The minimum Gasteiger partial charge on any atom is -0.274 e. The first-order valence-electron chi connectivity index (χ1n) is 6.07. The first-order valence-corrected chi connectivity index (χ1v) is 7.24. The van der Waals surface area contributed by atoms with E-state index >= 15 is 0 Å². The fourth-order valence-corrected chi connectivity index (χ4v) is 3.46. The van der Waals surface area contributed by atoms with E-state index in [1.54, 1.807) is 18.2 Å². The summed E-state index contributed by atoms with van der Waals surface area (Å²) in [5, 5.41) is 0.405. The van der Waals surface area contributed by atoms with Crippen molar-refractivity contribution in [1.82, 2.24) is 0 Å². The molecular formula is C14H11BrClNO2. The molecule has 0 saturated carbocycles. The molecular weight excluding hydrogens is 330 g/mol. The number of carbonyl (C=O) groups excluding carboxylic acids is 2. The van der Waals surface area contributed by atoms with Gasteiger partial charge in [0.1, 0.15) is 0 Å². The topological polar surface area (TPSA) is 37.4 Å². The van der Waals surface area contributed by atoms with E-state index in [1.807, 2.05) is 12.2 Å². The molecule has 1 aliphatic heterocycles. The van der Waals surface area contributed by atoms with Gasteiger partial charge in [-0.1, -0.05) is 39.7 Å². The zero-order valence-corrected chi connectivity index (χ0v) is 12.3. The van der Waals surface area contributed by atoms with Gasteiger partial charge < -0.3 is 0 Å². The Kier molecular flexibility index (Phi) is 3.23. The summed E-state index contributed by atoms with van der Waals surface area (Å²) in [5.41, 5.74) is 0.481. The fraction of sp³-hybridized carbons (Fsp3) is 0.286. The quantitative estimate of drug-likeness (QED) is 0.579. The highest BCUT2D eigenvalue weighted by molar-refractivity contribution is 9.10. The molecule has 0 aromatic heterocycles. The Labute approximate surface area is 124 Å². The maximum absolute atomic E-state index is 12.4. The van der Waals surface area contributed by atoms with Gasteiger partial charge in [0.05, 0.1) is 22.5 Å². The summed E-state index contributed by atoms with van der Waals surface area (Å²) in [6.45, 7) is 0. The Morgan fingerprint density at radius 3 is 2.21 bits per heavy atom. The standard InChI is InChI=1S/C14H11BrClNO2/c15-8-5-6-12(11(16)7-8)17-13(18)9-3-1-2-4-10(9)14(17)19/h1-2,5-7,9-10H,3-4H2/t9-,10-/m1/s1. The van der Waals surface area contributed by atoms with Gasteiger partial charge in [0, 0.05) is 4.47 Å². The number of hydrogen-bond acceptors (Lipinski definition) is 2. The number of fused-ring (bicyclic) bond motifs is 1. The van der Waals surface area contributed by atoms with E-state index in [9.17, 15) is 9.59 Å². The second-order valence-corrected chi connectivity index (χ2v) is 6.09. The zero-order valence-electron chi connectivity index (χ0n) is 9.98. The van der Waals surface area contributed by atoms with E-state index < -0.39 is 0 Å². The van der Waals surface area contributed by atoms with Crippen LogP contribution in [0.3, 0.4) is 0 Å². The molecule has 19 heavy (non-hydrogen) atoms. The van der Waals surface area contributed by atoms with Gasteiger partial charge in [0.25, 0.3) is 0 Å². The lowest BCUT2D eigenvalue weighted by Gasteiger charge is -2.16. The Morgan fingerprint density at radius 2 is 1.68 bits per heavy atom. The lowest BCUT2D eigenvalue weighted by atomic mass is 9.85. The molecule has 0 bridgehead atoms. The average molecular weight is 341 g/mol. The van der Waals surface area contributed by atoms with E-state index in [-0.39, 0.29) is 23.7 Å². The number of anilines is 1. The maximum atomic E-state index is 12.4. The van der Waals surface area contributed by atoms with Crippen LogP contribution in [0.15, 0.2) is 34.8 Å². The molecule has 1 fully saturated rings. The van der Waals surface area contributed by atoms with Gasteiger partial charge in [-0.05, 0) is 31.0 Å². The van der Waals surface area contributed by atoms with Crippen LogP contribution in [0.4, 0.5) is 5.69 Å². The van der Waals surface area contributed by atoms with Crippen molar-refractivity contribution in [2.24, 2.45) is 11.8 Å². The molecule has 1 aliphatic carbocycles. The Bertz CT molecular complexity index is 573. The third-order valence-electron chi connectivity index (χ3n) is 3.66. The van der Waals surface area contributed by atoms with Crippen molar-refractivity contribution in [3.05, 3.63) is 39.8 Å². The molecule has 2 amide bonds. The van der Waals surface area contributed by atoms with Crippen LogP contribution < -0.4 is 4.90 Å². The second-order valence-electron chi connectivity index (χ2n) is 4.76. The van der Waals surface area contributed by atoms with Crippen molar-refractivity contribution in [1.29, 1.82) is 0 Å². The van der Waals surface area contributed by atoms with E-state index in [0.29, 0.717) is 23.6 Å². The predicted octanol–water partition coefficient (Wildman–Crippen LogP) is 3.56. The lowest BCUT2D eigenvalue weighted by Crippen LogP contribution is -2.31. The molecule has 0 N–H and O–H groups in total. The molecule has 1 saturated heterocycles. The van der Waals surface area contributed by atoms with Crippen molar-refractivity contribution in [2.45, 2.75) is 12.8 Å². The van der Waals surface area contributed by atoms with Crippen LogP contribution in [-0.2, 0) is 9.59 Å². The minimum atomic E-state index is -0.225. The summed E-state index contributed by atoms with van der Waals surface area (Å²) in [4.78, 5) is 26.0. The van der Waals surface area contributed by atoms with Gasteiger partial charge in [-0.15, -0.1) is 0 Å². The van der Waals surface area contributed by atoms with Crippen molar-refractivity contribution < 1.29 is 9.59 Å². The summed E-state index contributed by atoms with van der Waals surface area (Å²) >= 11 is 9.46. The van der Waals surface area contributed by atoms with Crippen LogP contribution in [0, 0.1) is 11.8 Å². The third kappa shape index (κ3) is 2.03. The molecule has 1 aromatic rings. The highest BCUT2D eigenvalue weighted by Crippen LogP contribution is 2.40. The third-order valence-corrected chi connectivity index (χ3v) is 4.45. The smallest absolute Gasteiger partial charge is 0.238 e. The number of imide groups is 1. The molecule has 5 heteroatoms. The zero-order chi connectivity index (χ0) is 13.6. The number of hydrogen-bond donors (Lipinski definition) is 0. The molecule has 98 valence electrons. The van der Waals surface area contributed by atoms with E-state index in [0.717, 1.165) is 4.47 Å². The minimum absolute atomic E-state index is 0.136. The second kappa shape index (κ2) is 4.76. The van der Waals surface area contributed by atoms with Gasteiger partial charge in [0.15, 0.2) is 0 Å². The normalized spacial score (nSPS) is 25.9. The monoisotopic (exact) mass is 339 g/mol. The first kappa shape index (κ1) is 12.9. The summed E-state index contributed by atoms with van der Waals surface area (Å²) in [7, 11) is 0. The van der Waals surface area contributed by atoms with Crippen molar-refractivity contribution in [2.75, 3.05) is 4.90 Å². The summed E-state index contributed by atoms with van der Waals surface area (Å²) in [6.07, 6.45) is 5.22. The van der Waals surface area contributed by atoms with Gasteiger partial charge in [0.2, 0.25) is 11.8 Å². The largest absolute Gasteiger partial charge is 0.274 e. The van der Waals surface area contributed by atoms with Gasteiger partial charge in [-0.2, -0.15) is 0 Å². The average Bonchev–Trinajstić information content (AvgIpc) is 2.64. The van der Waals surface area contributed by atoms with Crippen LogP contribution in [0.2, 0.25) is 5.02 Å². The highest BCUT2D eigenvalue weighted by Gasteiger charge is 2.48. The summed E-state index contributed by atoms with van der Waals surface area (Å²) in [6, 6.07) is 5.17. The number of benzene rings is 1. The fourth-order valence-electron chi connectivity index (χ4n) is 2.70. The Balaban J connectivity index is 2.02. The maximum Gasteiger partial charge on any atom is 0.238 e. The lowest BCUT2D eigenvalue weighted by molar-refractivity contribution is -0.122. The number of allylic oxidation sites excluding steroid dienone is 2. The molecule has 0 unspecified atom stereocenters. The molecule has 1 heterocycles. The number of rotatable bonds is 1.